The number of carbonyl (C=O) groups excluding carboxylic acids is 1. The third-order valence-electron chi connectivity index (χ3n) is 2.64. The molecule has 0 N–H and O–H groups in total. The molecular formula is C14H14ClNO2S. The predicted octanol–water partition coefficient (Wildman–Crippen LogP) is 4.74. The van der Waals surface area contributed by atoms with E-state index >= 15 is 0 Å². The van der Waals surface area contributed by atoms with Gasteiger partial charge in [-0.15, -0.1) is 0 Å². The second-order valence-corrected chi connectivity index (χ2v) is 5.45. The van der Waals surface area contributed by atoms with Gasteiger partial charge in [-0.1, -0.05) is 48.4 Å². The molecule has 3 nitrogen and oxygen atoms in total. The molecule has 0 amide bonds. The van der Waals surface area contributed by atoms with Crippen LogP contribution in [0.5, 0.6) is 10.9 Å². The van der Waals surface area contributed by atoms with Gasteiger partial charge in [-0.2, -0.15) is 4.98 Å². The average molecular weight is 296 g/mol. The maximum atomic E-state index is 10.7. The molecule has 1 heterocycles. The summed E-state index contributed by atoms with van der Waals surface area (Å²) < 4.78 is 5.57. The molecule has 0 bridgehead atoms. The van der Waals surface area contributed by atoms with Gasteiger partial charge in [0.15, 0.2) is 11.4 Å². The third-order valence-corrected chi connectivity index (χ3v) is 3.90. The summed E-state index contributed by atoms with van der Waals surface area (Å²) in [6, 6.07) is 7.89. The summed E-state index contributed by atoms with van der Waals surface area (Å²) in [5, 5.41) is 0.572. The van der Waals surface area contributed by atoms with Crippen molar-refractivity contribution in [2.45, 2.75) is 26.2 Å². The molecule has 1 aromatic heterocycles. The molecular weight excluding hydrogens is 282 g/mol. The van der Waals surface area contributed by atoms with Gasteiger partial charge in [0, 0.05) is 0 Å². The molecule has 1 aromatic carbocycles. The van der Waals surface area contributed by atoms with Crippen molar-refractivity contribution in [3.8, 4) is 10.9 Å². The van der Waals surface area contributed by atoms with Crippen molar-refractivity contribution in [3.63, 3.8) is 0 Å². The van der Waals surface area contributed by atoms with Crippen LogP contribution in [0.25, 0.3) is 0 Å². The topological polar surface area (TPSA) is 39.2 Å². The molecule has 0 fully saturated rings. The number of carbonyl (C=O) groups is 1. The summed E-state index contributed by atoms with van der Waals surface area (Å²) in [5.41, 5.74) is 1.29. The lowest BCUT2D eigenvalue weighted by Crippen LogP contribution is -1.86. The van der Waals surface area contributed by atoms with Gasteiger partial charge < -0.3 is 4.74 Å². The van der Waals surface area contributed by atoms with Gasteiger partial charge in [0.25, 0.3) is 5.19 Å². The molecule has 0 spiro atoms. The summed E-state index contributed by atoms with van der Waals surface area (Å²) in [6.07, 6.45) is 4.13. The molecule has 0 unspecified atom stereocenters. The van der Waals surface area contributed by atoms with E-state index < -0.39 is 0 Å². The maximum absolute atomic E-state index is 10.7. The Morgan fingerprint density at radius 2 is 2.11 bits per heavy atom. The van der Waals surface area contributed by atoms with E-state index in [9.17, 15) is 4.79 Å². The fraction of sp³-hybridized carbons (Fsp3) is 0.286. The summed E-state index contributed by atoms with van der Waals surface area (Å²) in [5.74, 6) is 0.697. The van der Waals surface area contributed by atoms with Crippen molar-refractivity contribution >= 4 is 29.2 Å². The first-order valence-electron chi connectivity index (χ1n) is 6.11. The van der Waals surface area contributed by atoms with Crippen molar-refractivity contribution in [1.82, 2.24) is 4.98 Å². The van der Waals surface area contributed by atoms with E-state index in [2.05, 4.69) is 11.9 Å². The van der Waals surface area contributed by atoms with Gasteiger partial charge in [-0.3, -0.25) is 4.79 Å². The predicted molar refractivity (Wildman–Crippen MR) is 77.6 cm³/mol. The Bertz CT molecular complexity index is 551. The minimum Gasteiger partial charge on any atom is -0.431 e. The Morgan fingerprint density at radius 3 is 2.68 bits per heavy atom. The molecule has 19 heavy (non-hydrogen) atoms. The van der Waals surface area contributed by atoms with Gasteiger partial charge in [-0.25, -0.2) is 0 Å². The van der Waals surface area contributed by atoms with Gasteiger partial charge in [0.05, 0.1) is 0 Å². The smallest absolute Gasteiger partial charge is 0.280 e. The minimum absolute atomic E-state index is 0.189. The van der Waals surface area contributed by atoms with Crippen LogP contribution in [0.4, 0.5) is 0 Å². The SMILES string of the molecule is CCCCc1ccc(Oc2nc(Cl)c(C=O)s2)cc1. The Morgan fingerprint density at radius 1 is 1.37 bits per heavy atom. The van der Waals surface area contributed by atoms with Gasteiger partial charge in [0.2, 0.25) is 0 Å². The highest BCUT2D eigenvalue weighted by Crippen LogP contribution is 2.30. The van der Waals surface area contributed by atoms with Crippen LogP contribution in [0.2, 0.25) is 5.15 Å². The van der Waals surface area contributed by atoms with Crippen LogP contribution >= 0.6 is 22.9 Å². The number of aldehydes is 1. The van der Waals surface area contributed by atoms with Gasteiger partial charge in [0.1, 0.15) is 10.6 Å². The lowest BCUT2D eigenvalue weighted by molar-refractivity contribution is 0.112. The molecule has 0 aliphatic rings. The molecule has 0 radical (unpaired) electrons. The zero-order valence-electron chi connectivity index (χ0n) is 10.6. The summed E-state index contributed by atoms with van der Waals surface area (Å²) in [7, 11) is 0. The van der Waals surface area contributed by atoms with Crippen molar-refractivity contribution in [2.24, 2.45) is 0 Å². The van der Waals surface area contributed by atoms with Gasteiger partial charge >= 0.3 is 0 Å². The van der Waals surface area contributed by atoms with Crippen LogP contribution in [0.3, 0.4) is 0 Å². The number of thiazole rings is 1. The molecule has 0 atom stereocenters. The average Bonchev–Trinajstić information content (AvgIpc) is 2.78. The number of aryl methyl sites for hydroxylation is 1. The van der Waals surface area contributed by atoms with Crippen molar-refractivity contribution in [1.29, 1.82) is 0 Å². The Balaban J connectivity index is 2.04. The summed E-state index contributed by atoms with van der Waals surface area (Å²) in [4.78, 5) is 15.0. The summed E-state index contributed by atoms with van der Waals surface area (Å²) in [6.45, 7) is 2.17. The Hall–Kier alpha value is -1.39. The zero-order valence-corrected chi connectivity index (χ0v) is 12.1. The normalized spacial score (nSPS) is 10.4. The molecule has 0 aliphatic carbocycles. The third kappa shape index (κ3) is 3.78. The van der Waals surface area contributed by atoms with E-state index in [0.29, 0.717) is 22.1 Å². The lowest BCUT2D eigenvalue weighted by Gasteiger charge is -2.03. The van der Waals surface area contributed by atoms with Crippen LogP contribution in [0, 0.1) is 0 Å². The second-order valence-electron chi connectivity index (χ2n) is 4.10. The van der Waals surface area contributed by atoms with E-state index in [1.807, 2.05) is 24.3 Å². The first-order chi connectivity index (χ1) is 9.22. The van der Waals surface area contributed by atoms with E-state index in [4.69, 9.17) is 16.3 Å². The monoisotopic (exact) mass is 295 g/mol. The number of ether oxygens (including phenoxy) is 1. The standard InChI is InChI=1S/C14H14ClNO2S/c1-2-3-4-10-5-7-11(8-6-10)18-14-16-13(15)12(9-17)19-14/h5-9H,2-4H2,1H3. The van der Waals surface area contributed by atoms with Crippen molar-refractivity contribution in [3.05, 3.63) is 39.9 Å². The van der Waals surface area contributed by atoms with Gasteiger partial charge in [-0.05, 0) is 30.5 Å². The quantitative estimate of drug-likeness (QED) is 0.722. The number of rotatable bonds is 6. The number of hydrogen-bond donors (Lipinski definition) is 0. The van der Waals surface area contributed by atoms with Crippen LogP contribution < -0.4 is 4.74 Å². The first kappa shape index (κ1) is 14.0. The Labute approximate surface area is 121 Å². The highest BCUT2D eigenvalue weighted by molar-refractivity contribution is 7.15. The second kappa shape index (κ2) is 6.68. The van der Waals surface area contributed by atoms with E-state index in [-0.39, 0.29) is 5.15 Å². The van der Waals surface area contributed by atoms with Crippen LogP contribution in [-0.4, -0.2) is 11.3 Å². The highest BCUT2D eigenvalue weighted by atomic mass is 35.5. The summed E-state index contributed by atoms with van der Waals surface area (Å²) >= 11 is 6.92. The molecule has 0 aliphatic heterocycles. The number of halogens is 1. The molecule has 2 rings (SSSR count). The highest BCUT2D eigenvalue weighted by Gasteiger charge is 2.10. The lowest BCUT2D eigenvalue weighted by atomic mass is 10.1. The number of nitrogens with zero attached hydrogens (tertiary/aromatic N) is 1. The maximum Gasteiger partial charge on any atom is 0.280 e. The largest absolute Gasteiger partial charge is 0.431 e. The molecule has 0 saturated heterocycles. The van der Waals surface area contributed by atoms with E-state index in [1.165, 1.54) is 18.4 Å². The van der Waals surface area contributed by atoms with Crippen LogP contribution in [0.15, 0.2) is 24.3 Å². The number of benzene rings is 1. The molecule has 5 heteroatoms. The van der Waals surface area contributed by atoms with E-state index in [1.54, 1.807) is 0 Å². The van der Waals surface area contributed by atoms with Crippen molar-refractivity contribution < 1.29 is 9.53 Å². The fourth-order valence-corrected chi connectivity index (χ4v) is 2.54. The Kier molecular flexibility index (Phi) is 4.93. The molecule has 2 aromatic rings. The molecule has 0 saturated carbocycles. The zero-order chi connectivity index (χ0) is 13.7. The van der Waals surface area contributed by atoms with Crippen LogP contribution in [0.1, 0.15) is 35.0 Å². The van der Waals surface area contributed by atoms with E-state index in [0.717, 1.165) is 17.8 Å². The number of unbranched alkanes of at least 4 members (excludes halogenated alkanes) is 1. The number of hydrogen-bond acceptors (Lipinski definition) is 4. The fourth-order valence-electron chi connectivity index (χ4n) is 1.62. The van der Waals surface area contributed by atoms with Crippen molar-refractivity contribution in [2.75, 3.05) is 0 Å². The van der Waals surface area contributed by atoms with Crippen LogP contribution in [-0.2, 0) is 6.42 Å². The first-order valence-corrected chi connectivity index (χ1v) is 7.30. The number of aromatic nitrogens is 1. The minimum atomic E-state index is 0.189. The molecule has 100 valence electrons.